The van der Waals surface area contributed by atoms with Crippen molar-refractivity contribution in [2.75, 3.05) is 13.7 Å². The highest BCUT2D eigenvalue weighted by Gasteiger charge is 2.51. The fourth-order valence-corrected chi connectivity index (χ4v) is 12.9. The number of benzene rings is 5. The van der Waals surface area contributed by atoms with Crippen LogP contribution in [0.25, 0.3) is 11.1 Å². The number of aromatic hydroxyl groups is 3. The molecule has 7 aliphatic heterocycles. The molecule has 5 aromatic rings. The summed E-state index contributed by atoms with van der Waals surface area (Å²) in [5.41, 5.74) is 8.00. The lowest BCUT2D eigenvalue weighted by Gasteiger charge is -2.47. The van der Waals surface area contributed by atoms with Crippen molar-refractivity contribution in [3.05, 3.63) is 117 Å². The molecule has 0 saturated carbocycles. The van der Waals surface area contributed by atoms with Crippen LogP contribution in [-0.2, 0) is 52.6 Å². The minimum Gasteiger partial charge on any atom is -0.508 e. The molecule has 0 aromatic heterocycles. The molecule has 11 bridgehead atoms. The van der Waals surface area contributed by atoms with Crippen LogP contribution >= 0.6 is 23.2 Å². The third-order valence-corrected chi connectivity index (χ3v) is 18.4. The van der Waals surface area contributed by atoms with Crippen LogP contribution in [0.2, 0.25) is 10.0 Å². The molecular weight excluding hydrogens is 1370 g/mol. The summed E-state index contributed by atoms with van der Waals surface area (Å²) in [5.74, 6) is -16.0. The van der Waals surface area contributed by atoms with Crippen LogP contribution in [-0.4, -0.2) is 191 Å². The number of carbonyl (C=O) groups excluding carboxylic acids is 7. The highest BCUT2D eigenvalue weighted by molar-refractivity contribution is 6.32. The van der Waals surface area contributed by atoms with E-state index in [2.05, 4.69) is 37.2 Å². The van der Waals surface area contributed by atoms with E-state index in [1.807, 2.05) is 13.8 Å². The van der Waals surface area contributed by atoms with Gasteiger partial charge < -0.3 is 128 Å². The third kappa shape index (κ3) is 15.8. The van der Waals surface area contributed by atoms with E-state index in [1.54, 1.807) is 0 Å². The molecular formula is C66H75Cl2N9O24. The summed E-state index contributed by atoms with van der Waals surface area (Å²) in [6.45, 7) is 5.66. The Morgan fingerprint density at radius 1 is 0.713 bits per heavy atom. The highest BCUT2D eigenvalue weighted by atomic mass is 35.5. The Kier molecular flexibility index (Phi) is 22.2. The van der Waals surface area contributed by atoms with Gasteiger partial charge in [0.2, 0.25) is 53.4 Å². The monoisotopic (exact) mass is 1450 g/mol. The maximum atomic E-state index is 16.0. The average molecular weight is 1450 g/mol. The number of hydrogen-bond donors (Lipinski definition) is 19. The van der Waals surface area contributed by atoms with Crippen LogP contribution in [0.4, 0.5) is 0 Å². The Labute approximate surface area is 584 Å². The second-order valence-corrected chi connectivity index (χ2v) is 26.5. The number of fused-ring (bicyclic) bond motifs is 15. The Bertz CT molecular complexity index is 4070. The van der Waals surface area contributed by atoms with E-state index in [9.17, 15) is 75.0 Å². The second kappa shape index (κ2) is 30.2. The molecule has 12 rings (SSSR count). The topological polar surface area (TPSA) is 530 Å². The number of carboxylic acids is 1. The van der Waals surface area contributed by atoms with Gasteiger partial charge in [0.05, 0.1) is 41.3 Å². The number of carbonyl (C=O) groups is 8. The van der Waals surface area contributed by atoms with Crippen LogP contribution < -0.4 is 62.9 Å². The molecule has 10 unspecified atom stereocenters. The normalized spacial score (nSPS) is 29.4. The van der Waals surface area contributed by atoms with E-state index in [0.29, 0.717) is 0 Å². The molecule has 0 aliphatic carbocycles. The first-order chi connectivity index (χ1) is 47.7. The maximum absolute atomic E-state index is 16.0. The Morgan fingerprint density at radius 3 is 1.90 bits per heavy atom. The molecule has 7 heterocycles. The van der Waals surface area contributed by atoms with Crippen LogP contribution in [0.3, 0.4) is 0 Å². The molecule has 2 saturated heterocycles. The van der Waals surface area contributed by atoms with Crippen molar-refractivity contribution in [1.29, 1.82) is 0 Å². The molecule has 542 valence electrons. The molecule has 7 aliphatic rings. The molecule has 35 heteroatoms. The van der Waals surface area contributed by atoms with Gasteiger partial charge in [0, 0.05) is 34.7 Å². The fraction of sp³-hybridized carbons (Fsp3) is 0.424. The summed E-state index contributed by atoms with van der Waals surface area (Å²) in [6.07, 6.45) is -18.6. The number of likely N-dealkylation sites (N-methyl/N-ethyl adjacent to an activating group) is 1. The molecule has 101 heavy (non-hydrogen) atoms. The summed E-state index contributed by atoms with van der Waals surface area (Å²) in [5, 5.41) is 131. The number of phenolic OH excluding ortho intramolecular Hbond substituents is 3. The molecule has 18 atom stereocenters. The standard InChI is InChI=1S/C66H75Cl2N9O24/c1-23(2)12-34(71-5)58(88)76-49-51(83)26-7-10-38(32(67)14-26)97-40-16-28-17-41(55(40)101-65-56(54(86)53(85)42(22-78)99-65)100-44-21-66(4,70)57(87)24(3)96-44)98-39-11-8-27(15-33(39)68)52(84)50-63(93)75-48(64(94)95)31-18-29(79)19-37(81)45(31)30-13-25(6-9-36(30)80)46(60(90)77-50)74-61(91)47(28)73-59(89)35(20-43(69)82)72-62(49)92/h6-11,13-19,23-24,34-35,42,44,46-54,56-57,65,71,78-81,83-87H,12,20-22,70H2,1-5H3,(H2,69,82)(H,72,92)(H,73,89)(H,74,91)(H,75,93)(H,76,88)(H,77,90)(H,94,95)/t24?,34-,35+,42?,44?,46?,47-,48-,49-,50+,51-,52-,53?,54?,56?,57?,65?,66?/m1/s1. The first-order valence-corrected chi connectivity index (χ1v) is 32.4. The number of aliphatic hydroxyl groups is 6. The zero-order valence-electron chi connectivity index (χ0n) is 54.3. The number of aliphatic hydroxyl groups excluding tert-OH is 6. The van der Waals surface area contributed by atoms with Crippen molar-refractivity contribution in [3.63, 3.8) is 0 Å². The number of rotatable bonds is 13. The van der Waals surface area contributed by atoms with Crippen molar-refractivity contribution in [2.24, 2.45) is 17.4 Å². The van der Waals surface area contributed by atoms with Crippen LogP contribution in [0.5, 0.6) is 46.0 Å². The molecule has 21 N–H and O–H groups in total. The van der Waals surface area contributed by atoms with Crippen LogP contribution in [0, 0.1) is 5.92 Å². The maximum Gasteiger partial charge on any atom is 0.330 e. The quantitative estimate of drug-likeness (QED) is 0.0743. The number of phenols is 3. The first kappa shape index (κ1) is 74.5. The number of nitrogens with one attached hydrogen (secondary N) is 7. The highest BCUT2D eigenvalue weighted by Crippen LogP contribution is 2.50. The zero-order valence-corrected chi connectivity index (χ0v) is 55.8. The Hall–Kier alpha value is -9.20. The van der Waals surface area contributed by atoms with Gasteiger partial charge in [-0.15, -0.1) is 0 Å². The van der Waals surface area contributed by atoms with Crippen LogP contribution in [0.15, 0.2) is 78.9 Å². The van der Waals surface area contributed by atoms with E-state index in [1.165, 1.54) is 33.0 Å². The van der Waals surface area contributed by atoms with Crippen molar-refractivity contribution >= 4 is 70.5 Å². The largest absolute Gasteiger partial charge is 0.508 e. The Morgan fingerprint density at radius 2 is 1.32 bits per heavy atom. The van der Waals surface area contributed by atoms with Gasteiger partial charge in [-0.2, -0.15) is 0 Å². The lowest BCUT2D eigenvalue weighted by atomic mass is 9.86. The average Bonchev–Trinajstić information content (AvgIpc) is 0.775. The summed E-state index contributed by atoms with van der Waals surface area (Å²) >= 11 is 14.1. The SMILES string of the molecule is CN[C@H](CC(C)C)C(=O)N[C@H]1C(=O)N[C@@H](CC(N)=O)C(=O)N[C@H]2C(=O)NC3C(=O)N[C@H](C(=O)N[C@@H](C(=O)O)c4cc(O)cc(O)c4-c4cc3ccc4O)[C@H](O)c3ccc(c(Cl)c3)Oc3cc2cc(c3OC2OC(CO)C(O)C(O)C2OC2CC(C)(N)C(O)C(C)O2)Oc2ccc(cc2Cl)[C@H]1O. The zero-order chi connectivity index (χ0) is 73.5. The molecule has 5 aromatic carbocycles. The van der Waals surface area contributed by atoms with E-state index < -0.39 is 237 Å². The molecule has 0 spiro atoms. The van der Waals surface area contributed by atoms with Gasteiger partial charge >= 0.3 is 5.97 Å². The van der Waals surface area contributed by atoms with Gasteiger partial charge in [0.25, 0.3) is 0 Å². The second-order valence-electron chi connectivity index (χ2n) is 25.7. The molecule has 33 nitrogen and oxygen atoms in total. The fourth-order valence-electron chi connectivity index (χ4n) is 12.5. The van der Waals surface area contributed by atoms with E-state index in [-0.39, 0.29) is 46.2 Å². The van der Waals surface area contributed by atoms with Gasteiger partial charge in [-0.05, 0) is 110 Å². The van der Waals surface area contributed by atoms with Gasteiger partial charge in [-0.3, -0.25) is 33.6 Å². The smallest absolute Gasteiger partial charge is 0.330 e. The number of aliphatic carboxylic acids is 1. The number of halogens is 2. The van der Waals surface area contributed by atoms with Gasteiger partial charge in [-0.1, -0.05) is 55.2 Å². The number of hydrogen-bond acceptors (Lipinski definition) is 25. The number of nitrogens with two attached hydrogens (primary N) is 2. The van der Waals surface area contributed by atoms with Crippen molar-refractivity contribution < 1.29 is 118 Å². The molecule has 7 amide bonds. The van der Waals surface area contributed by atoms with Gasteiger partial charge in [-0.25, -0.2) is 4.79 Å². The van der Waals surface area contributed by atoms with Crippen molar-refractivity contribution in [2.45, 2.75) is 156 Å². The number of amides is 7. The number of ether oxygens (including phenoxy) is 6. The van der Waals surface area contributed by atoms with Gasteiger partial charge in [0.15, 0.2) is 29.9 Å². The molecule has 0 radical (unpaired) electrons. The predicted molar refractivity (Wildman–Crippen MR) is 349 cm³/mol. The van der Waals surface area contributed by atoms with E-state index >= 15 is 14.4 Å². The summed E-state index contributed by atoms with van der Waals surface area (Å²) < 4.78 is 38.3. The summed E-state index contributed by atoms with van der Waals surface area (Å²) in [4.78, 5) is 117. The predicted octanol–water partition coefficient (Wildman–Crippen LogP) is 0.106. The molecule has 2 fully saturated rings. The van der Waals surface area contributed by atoms with Gasteiger partial charge in [0.1, 0.15) is 89.5 Å². The van der Waals surface area contributed by atoms with E-state index in [0.717, 1.165) is 66.7 Å². The van der Waals surface area contributed by atoms with E-state index in [4.69, 9.17) is 63.1 Å². The minimum atomic E-state index is -2.35. The van der Waals surface area contributed by atoms with Crippen molar-refractivity contribution in [1.82, 2.24) is 37.2 Å². The van der Waals surface area contributed by atoms with Crippen LogP contribution in [0.1, 0.15) is 105 Å². The summed E-state index contributed by atoms with van der Waals surface area (Å²) in [6, 6.07) is -0.679. The number of primary amides is 1. The summed E-state index contributed by atoms with van der Waals surface area (Å²) in [7, 11) is 1.47. The Balaban J connectivity index is 1.24. The first-order valence-electron chi connectivity index (χ1n) is 31.6. The van der Waals surface area contributed by atoms with Crippen molar-refractivity contribution in [3.8, 4) is 57.1 Å². The lowest BCUT2D eigenvalue weighted by Crippen LogP contribution is -2.64. The third-order valence-electron chi connectivity index (χ3n) is 17.8. The minimum absolute atomic E-state index is 0.0975. The number of carboxylic acid groups (broad SMARTS) is 1. The lowest BCUT2D eigenvalue weighted by molar-refractivity contribution is -0.333.